The monoisotopic (exact) mass is 396 g/mol. The van der Waals surface area contributed by atoms with Crippen molar-refractivity contribution >= 4 is 17.2 Å². The number of piperidine rings is 1. The molecule has 1 amide bonds. The number of thiazole rings is 1. The number of carbonyl (C=O) groups excluding carboxylic acids is 1. The van der Waals surface area contributed by atoms with E-state index in [4.69, 9.17) is 4.52 Å². The van der Waals surface area contributed by atoms with Crippen LogP contribution < -0.4 is 5.32 Å². The summed E-state index contributed by atoms with van der Waals surface area (Å²) in [5, 5.41) is 7.72. The van der Waals surface area contributed by atoms with Crippen LogP contribution in [0.2, 0.25) is 0 Å². The number of benzene rings is 1. The second-order valence-electron chi connectivity index (χ2n) is 7.26. The van der Waals surface area contributed by atoms with Crippen molar-refractivity contribution in [3.05, 3.63) is 58.9 Å². The van der Waals surface area contributed by atoms with E-state index >= 15 is 0 Å². The first-order valence-electron chi connectivity index (χ1n) is 9.60. The maximum absolute atomic E-state index is 11.9. The van der Waals surface area contributed by atoms with Gasteiger partial charge in [0.2, 0.25) is 0 Å². The lowest BCUT2D eigenvalue weighted by Gasteiger charge is -2.31. The molecule has 1 fully saturated rings. The molecule has 6 nitrogen and oxygen atoms in total. The van der Waals surface area contributed by atoms with E-state index in [1.807, 2.05) is 6.20 Å². The number of nitrogens with one attached hydrogen (secondary N) is 1. The van der Waals surface area contributed by atoms with Crippen molar-refractivity contribution in [2.75, 3.05) is 19.6 Å². The summed E-state index contributed by atoms with van der Waals surface area (Å²) in [7, 11) is 0. The Labute approximate surface area is 168 Å². The minimum Gasteiger partial charge on any atom is -0.364 e. The minimum absolute atomic E-state index is 0.162. The van der Waals surface area contributed by atoms with Crippen molar-refractivity contribution in [1.29, 1.82) is 0 Å². The molecule has 1 aliphatic heterocycles. The normalized spacial score (nSPS) is 15.6. The Hall–Kier alpha value is -2.51. The number of hydrogen-bond acceptors (Lipinski definition) is 6. The number of aromatic nitrogens is 2. The van der Waals surface area contributed by atoms with E-state index in [1.165, 1.54) is 22.3 Å². The van der Waals surface area contributed by atoms with Gasteiger partial charge in [0.15, 0.2) is 5.69 Å². The van der Waals surface area contributed by atoms with Gasteiger partial charge in [0.05, 0.1) is 0 Å². The summed E-state index contributed by atoms with van der Waals surface area (Å²) >= 11 is 1.78. The standard InChI is InChI=1S/C21H24N4O2S/c1-15-4-2-3-5-18(15)21-23-13-17(28-21)14-25-9-6-16(7-10-25)12-22-20(26)19-8-11-27-24-19/h2-5,8,11,13,16H,6-7,9-10,12,14H2,1H3,(H,22,26). The van der Waals surface area contributed by atoms with E-state index in [-0.39, 0.29) is 5.91 Å². The highest BCUT2D eigenvalue weighted by Gasteiger charge is 2.21. The number of likely N-dealkylation sites (tertiary alicyclic amines) is 1. The van der Waals surface area contributed by atoms with Crippen molar-refractivity contribution < 1.29 is 9.32 Å². The fourth-order valence-electron chi connectivity index (χ4n) is 3.54. The first-order chi connectivity index (χ1) is 13.7. The average molecular weight is 397 g/mol. The Morgan fingerprint density at radius 3 is 2.86 bits per heavy atom. The highest BCUT2D eigenvalue weighted by molar-refractivity contribution is 7.15. The van der Waals surface area contributed by atoms with E-state index in [2.05, 4.69) is 51.5 Å². The van der Waals surface area contributed by atoms with Crippen LogP contribution in [-0.2, 0) is 6.54 Å². The first-order valence-corrected chi connectivity index (χ1v) is 10.4. The van der Waals surface area contributed by atoms with Gasteiger partial charge in [0.1, 0.15) is 11.3 Å². The highest BCUT2D eigenvalue weighted by atomic mass is 32.1. The van der Waals surface area contributed by atoms with Crippen molar-refractivity contribution in [3.63, 3.8) is 0 Å². The van der Waals surface area contributed by atoms with Gasteiger partial charge in [0.25, 0.3) is 5.91 Å². The number of aryl methyl sites for hydroxylation is 1. The number of amides is 1. The molecule has 7 heteroatoms. The molecule has 3 aromatic rings. The lowest BCUT2D eigenvalue weighted by molar-refractivity contribution is 0.0926. The summed E-state index contributed by atoms with van der Waals surface area (Å²) in [6, 6.07) is 9.97. The summed E-state index contributed by atoms with van der Waals surface area (Å²) in [4.78, 5) is 20.4. The molecule has 146 valence electrons. The molecule has 28 heavy (non-hydrogen) atoms. The number of carbonyl (C=O) groups is 1. The average Bonchev–Trinajstić information content (AvgIpc) is 3.40. The van der Waals surface area contributed by atoms with Crippen LogP contribution in [0.15, 0.2) is 47.3 Å². The van der Waals surface area contributed by atoms with Crippen LogP contribution in [0.4, 0.5) is 0 Å². The van der Waals surface area contributed by atoms with Crippen molar-refractivity contribution in [2.45, 2.75) is 26.3 Å². The van der Waals surface area contributed by atoms with E-state index in [0.717, 1.165) is 37.5 Å². The summed E-state index contributed by atoms with van der Waals surface area (Å²) in [6.07, 6.45) is 5.60. The van der Waals surface area contributed by atoms with Crippen LogP contribution in [0.3, 0.4) is 0 Å². The molecule has 0 atom stereocenters. The zero-order valence-electron chi connectivity index (χ0n) is 15.9. The van der Waals surface area contributed by atoms with Crippen LogP contribution in [0.1, 0.15) is 33.8 Å². The minimum atomic E-state index is -0.162. The lowest BCUT2D eigenvalue weighted by Crippen LogP contribution is -2.38. The molecule has 1 saturated heterocycles. The largest absolute Gasteiger partial charge is 0.364 e. The summed E-state index contributed by atoms with van der Waals surface area (Å²) in [5.41, 5.74) is 2.82. The predicted octanol–water partition coefficient (Wildman–Crippen LogP) is 3.75. The van der Waals surface area contributed by atoms with Gasteiger partial charge < -0.3 is 9.84 Å². The predicted molar refractivity (Wildman–Crippen MR) is 109 cm³/mol. The van der Waals surface area contributed by atoms with Gasteiger partial charge in [-0.2, -0.15) is 0 Å². The molecule has 4 rings (SSSR count). The third-order valence-corrected chi connectivity index (χ3v) is 6.25. The summed E-state index contributed by atoms with van der Waals surface area (Å²) < 4.78 is 4.71. The zero-order valence-corrected chi connectivity index (χ0v) is 16.7. The molecule has 1 aromatic carbocycles. The number of nitrogens with zero attached hydrogens (tertiary/aromatic N) is 3. The van der Waals surface area contributed by atoms with Crippen LogP contribution in [0.5, 0.6) is 0 Å². The quantitative estimate of drug-likeness (QED) is 0.687. The molecule has 1 aliphatic rings. The van der Waals surface area contributed by atoms with Crippen LogP contribution in [-0.4, -0.2) is 40.6 Å². The van der Waals surface area contributed by atoms with Crippen molar-refractivity contribution in [3.8, 4) is 10.6 Å². The van der Waals surface area contributed by atoms with E-state index in [9.17, 15) is 4.79 Å². The molecular formula is C21H24N4O2S. The maximum Gasteiger partial charge on any atom is 0.273 e. The van der Waals surface area contributed by atoms with E-state index in [1.54, 1.807) is 17.4 Å². The highest BCUT2D eigenvalue weighted by Crippen LogP contribution is 2.29. The van der Waals surface area contributed by atoms with Crippen LogP contribution in [0.25, 0.3) is 10.6 Å². The Balaban J connectivity index is 1.25. The molecule has 3 heterocycles. The SMILES string of the molecule is Cc1ccccc1-c1ncc(CN2CCC(CNC(=O)c3ccon3)CC2)s1. The molecule has 0 unspecified atom stereocenters. The Kier molecular flexibility index (Phi) is 5.83. The maximum atomic E-state index is 11.9. The van der Waals surface area contributed by atoms with Crippen LogP contribution in [0, 0.1) is 12.8 Å². The number of hydrogen-bond donors (Lipinski definition) is 1. The summed E-state index contributed by atoms with van der Waals surface area (Å²) in [6.45, 7) is 5.85. The Bertz CT molecular complexity index is 914. The smallest absolute Gasteiger partial charge is 0.273 e. The summed E-state index contributed by atoms with van der Waals surface area (Å²) in [5.74, 6) is 0.348. The van der Waals surface area contributed by atoms with E-state index in [0.29, 0.717) is 18.2 Å². The zero-order chi connectivity index (χ0) is 19.3. The molecule has 0 radical (unpaired) electrons. The van der Waals surface area contributed by atoms with Gasteiger partial charge >= 0.3 is 0 Å². The Morgan fingerprint density at radius 2 is 2.11 bits per heavy atom. The van der Waals surface area contributed by atoms with E-state index < -0.39 is 0 Å². The van der Waals surface area contributed by atoms with Gasteiger partial charge in [-0.1, -0.05) is 29.4 Å². The third kappa shape index (κ3) is 4.48. The molecule has 2 aromatic heterocycles. The second kappa shape index (κ2) is 8.67. The van der Waals surface area contributed by atoms with Crippen molar-refractivity contribution in [2.24, 2.45) is 5.92 Å². The second-order valence-corrected chi connectivity index (χ2v) is 8.38. The molecular weight excluding hydrogens is 372 g/mol. The van der Waals surface area contributed by atoms with Gasteiger partial charge in [-0.25, -0.2) is 4.98 Å². The van der Waals surface area contributed by atoms with Gasteiger partial charge in [-0.05, 0) is 44.3 Å². The van der Waals surface area contributed by atoms with Crippen LogP contribution >= 0.6 is 11.3 Å². The molecule has 1 N–H and O–H groups in total. The molecule has 0 spiro atoms. The third-order valence-electron chi connectivity index (χ3n) is 5.24. The first kappa shape index (κ1) is 18.8. The fraction of sp³-hybridized carbons (Fsp3) is 0.381. The van der Waals surface area contributed by atoms with Crippen molar-refractivity contribution in [1.82, 2.24) is 20.4 Å². The fourth-order valence-corrected chi connectivity index (χ4v) is 4.59. The molecule has 0 aliphatic carbocycles. The molecule has 0 saturated carbocycles. The lowest BCUT2D eigenvalue weighted by atomic mass is 9.96. The molecule has 0 bridgehead atoms. The van der Waals surface area contributed by atoms with Gasteiger partial charge in [-0.3, -0.25) is 9.69 Å². The topological polar surface area (TPSA) is 71.3 Å². The van der Waals surface area contributed by atoms with Gasteiger partial charge in [0, 0.05) is 35.8 Å². The van der Waals surface area contributed by atoms with Gasteiger partial charge in [-0.15, -0.1) is 11.3 Å². The Morgan fingerprint density at radius 1 is 1.29 bits per heavy atom. The number of rotatable bonds is 6.